The number of carboxylic acid groups (broad SMARTS) is 1. The van der Waals surface area contributed by atoms with Gasteiger partial charge in [-0.05, 0) is 56.4 Å². The highest BCUT2D eigenvalue weighted by Gasteiger charge is 2.30. The molecule has 2 aliphatic rings. The van der Waals surface area contributed by atoms with Crippen molar-refractivity contribution < 1.29 is 9.90 Å². The maximum Gasteiger partial charge on any atom is 0.303 e. The van der Waals surface area contributed by atoms with Gasteiger partial charge in [-0.3, -0.25) is 4.79 Å². The van der Waals surface area contributed by atoms with Gasteiger partial charge in [0.2, 0.25) is 0 Å². The average molecular weight is 295 g/mol. The summed E-state index contributed by atoms with van der Waals surface area (Å²) >= 11 is 0. The third-order valence-electron chi connectivity index (χ3n) is 5.94. The van der Waals surface area contributed by atoms with E-state index in [1.54, 1.807) is 0 Å². The molecule has 3 heteroatoms. The van der Waals surface area contributed by atoms with E-state index in [-0.39, 0.29) is 0 Å². The molecule has 3 nitrogen and oxygen atoms in total. The predicted octanol–water partition coefficient (Wildman–Crippen LogP) is 4.17. The lowest BCUT2D eigenvalue weighted by Gasteiger charge is -2.40. The van der Waals surface area contributed by atoms with Gasteiger partial charge in [0.05, 0.1) is 0 Å². The third-order valence-corrected chi connectivity index (χ3v) is 5.94. The molecule has 0 spiro atoms. The van der Waals surface area contributed by atoms with E-state index in [4.69, 9.17) is 5.11 Å². The number of carbonyl (C=O) groups is 1. The van der Waals surface area contributed by atoms with Crippen molar-refractivity contribution in [2.45, 2.75) is 77.7 Å². The van der Waals surface area contributed by atoms with Crippen molar-refractivity contribution in [3.8, 4) is 0 Å². The summed E-state index contributed by atoms with van der Waals surface area (Å²) in [4.78, 5) is 13.6. The molecular weight excluding hydrogens is 262 g/mol. The molecule has 4 atom stereocenters. The fourth-order valence-electron chi connectivity index (χ4n) is 4.41. The molecular formula is C18H33NO2. The van der Waals surface area contributed by atoms with Crippen molar-refractivity contribution in [3.63, 3.8) is 0 Å². The number of piperidine rings is 1. The molecule has 2 fully saturated rings. The monoisotopic (exact) mass is 295 g/mol. The Bertz CT molecular complexity index is 331. The smallest absolute Gasteiger partial charge is 0.303 e. The maximum absolute atomic E-state index is 10.9. The van der Waals surface area contributed by atoms with E-state index in [0.29, 0.717) is 18.3 Å². The van der Waals surface area contributed by atoms with Crippen molar-refractivity contribution in [3.05, 3.63) is 0 Å². The first-order chi connectivity index (χ1) is 10.1. The van der Waals surface area contributed by atoms with Crippen LogP contribution >= 0.6 is 0 Å². The van der Waals surface area contributed by atoms with Crippen LogP contribution in [0.3, 0.4) is 0 Å². The van der Waals surface area contributed by atoms with Crippen LogP contribution in [0.2, 0.25) is 0 Å². The largest absolute Gasteiger partial charge is 0.481 e. The van der Waals surface area contributed by atoms with Gasteiger partial charge in [-0.1, -0.05) is 33.1 Å². The first kappa shape index (κ1) is 16.8. The summed E-state index contributed by atoms with van der Waals surface area (Å²) in [6, 6.07) is 0.765. The minimum atomic E-state index is -0.639. The Morgan fingerprint density at radius 3 is 2.71 bits per heavy atom. The quantitative estimate of drug-likeness (QED) is 0.774. The van der Waals surface area contributed by atoms with Gasteiger partial charge < -0.3 is 10.0 Å². The summed E-state index contributed by atoms with van der Waals surface area (Å²) in [5.74, 6) is 1.21. The zero-order chi connectivity index (χ0) is 15.2. The van der Waals surface area contributed by atoms with Gasteiger partial charge >= 0.3 is 5.97 Å². The molecule has 21 heavy (non-hydrogen) atoms. The highest BCUT2D eigenvalue weighted by molar-refractivity contribution is 5.67. The molecule has 0 aromatic rings. The van der Waals surface area contributed by atoms with Crippen LogP contribution in [0.4, 0.5) is 0 Å². The number of rotatable bonds is 5. The third kappa shape index (κ3) is 4.98. The number of hydrogen-bond donors (Lipinski definition) is 1. The lowest BCUT2D eigenvalue weighted by molar-refractivity contribution is -0.138. The van der Waals surface area contributed by atoms with Crippen molar-refractivity contribution in [1.82, 2.24) is 4.90 Å². The molecule has 1 saturated carbocycles. The van der Waals surface area contributed by atoms with Gasteiger partial charge in [0.25, 0.3) is 0 Å². The molecule has 0 amide bonds. The number of hydrogen-bond acceptors (Lipinski definition) is 2. The van der Waals surface area contributed by atoms with E-state index in [1.165, 1.54) is 57.9 Å². The normalized spacial score (nSPS) is 33.3. The second kappa shape index (κ2) is 8.17. The minimum Gasteiger partial charge on any atom is -0.481 e. The molecule has 1 aliphatic heterocycles. The molecule has 0 aromatic heterocycles. The van der Waals surface area contributed by atoms with Crippen molar-refractivity contribution >= 4 is 5.97 Å². The molecule has 1 heterocycles. The highest BCUT2D eigenvalue weighted by Crippen LogP contribution is 2.32. The first-order valence-electron chi connectivity index (χ1n) is 9.06. The SMILES string of the molecule is CCC1CCCC(N2CCCC(C(C)CC(=O)O)C2)CC1. The summed E-state index contributed by atoms with van der Waals surface area (Å²) in [5, 5.41) is 9.01. The Kier molecular flexibility index (Phi) is 6.53. The molecule has 122 valence electrons. The van der Waals surface area contributed by atoms with Crippen LogP contribution in [0.5, 0.6) is 0 Å². The second-order valence-corrected chi connectivity index (χ2v) is 7.41. The zero-order valence-electron chi connectivity index (χ0n) is 13.9. The lowest BCUT2D eigenvalue weighted by Crippen LogP contribution is -2.44. The standard InChI is InChI=1S/C18H33NO2/c1-3-15-6-4-8-17(10-9-15)19-11-5-7-16(13-19)14(2)12-18(20)21/h14-17H,3-13H2,1-2H3,(H,20,21). The summed E-state index contributed by atoms with van der Waals surface area (Å²) in [6.45, 7) is 6.83. The lowest BCUT2D eigenvalue weighted by atomic mass is 9.84. The number of nitrogens with zero attached hydrogens (tertiary/aromatic N) is 1. The van der Waals surface area contributed by atoms with Gasteiger partial charge in [-0.15, -0.1) is 0 Å². The van der Waals surface area contributed by atoms with Crippen molar-refractivity contribution in [1.29, 1.82) is 0 Å². The van der Waals surface area contributed by atoms with Crippen LogP contribution in [-0.4, -0.2) is 35.1 Å². The number of aliphatic carboxylic acids is 1. The highest BCUT2D eigenvalue weighted by atomic mass is 16.4. The number of likely N-dealkylation sites (tertiary alicyclic amines) is 1. The van der Waals surface area contributed by atoms with Crippen LogP contribution in [0.1, 0.15) is 71.6 Å². The van der Waals surface area contributed by atoms with Crippen LogP contribution in [0.25, 0.3) is 0 Å². The fraction of sp³-hybridized carbons (Fsp3) is 0.944. The Balaban J connectivity index is 1.86. The first-order valence-corrected chi connectivity index (χ1v) is 9.06. The summed E-state index contributed by atoms with van der Waals surface area (Å²) in [6.07, 6.45) is 11.1. The number of carboxylic acids is 1. The fourth-order valence-corrected chi connectivity index (χ4v) is 4.41. The zero-order valence-corrected chi connectivity index (χ0v) is 13.9. The van der Waals surface area contributed by atoms with Gasteiger partial charge in [-0.2, -0.15) is 0 Å². The van der Waals surface area contributed by atoms with E-state index in [2.05, 4.69) is 18.7 Å². The molecule has 0 aromatic carbocycles. The van der Waals surface area contributed by atoms with E-state index < -0.39 is 5.97 Å². The Hall–Kier alpha value is -0.570. The molecule has 0 radical (unpaired) electrons. The molecule has 1 N–H and O–H groups in total. The maximum atomic E-state index is 10.9. The van der Waals surface area contributed by atoms with Gasteiger partial charge in [0, 0.05) is 19.0 Å². The predicted molar refractivity (Wildman–Crippen MR) is 86.4 cm³/mol. The molecule has 2 rings (SSSR count). The Labute approximate surface area is 130 Å². The van der Waals surface area contributed by atoms with E-state index >= 15 is 0 Å². The topological polar surface area (TPSA) is 40.5 Å². The minimum absolute atomic E-state index is 0.319. The molecule has 1 aliphatic carbocycles. The van der Waals surface area contributed by atoms with Crippen LogP contribution in [-0.2, 0) is 4.79 Å². The molecule has 4 unspecified atom stereocenters. The second-order valence-electron chi connectivity index (χ2n) is 7.41. The van der Waals surface area contributed by atoms with Crippen LogP contribution in [0.15, 0.2) is 0 Å². The van der Waals surface area contributed by atoms with Crippen molar-refractivity contribution in [2.75, 3.05) is 13.1 Å². The van der Waals surface area contributed by atoms with Crippen LogP contribution in [0, 0.1) is 17.8 Å². The Morgan fingerprint density at radius 1 is 1.19 bits per heavy atom. The summed E-state index contributed by atoms with van der Waals surface area (Å²) in [7, 11) is 0. The van der Waals surface area contributed by atoms with Gasteiger partial charge in [0.15, 0.2) is 0 Å². The van der Waals surface area contributed by atoms with Crippen LogP contribution < -0.4 is 0 Å². The van der Waals surface area contributed by atoms with E-state index in [1.807, 2.05) is 0 Å². The molecule has 1 saturated heterocycles. The van der Waals surface area contributed by atoms with Crippen molar-refractivity contribution in [2.24, 2.45) is 17.8 Å². The van der Waals surface area contributed by atoms with E-state index in [9.17, 15) is 4.79 Å². The summed E-state index contributed by atoms with van der Waals surface area (Å²) < 4.78 is 0. The Morgan fingerprint density at radius 2 is 2.00 bits per heavy atom. The molecule has 0 bridgehead atoms. The van der Waals surface area contributed by atoms with Gasteiger partial charge in [0.1, 0.15) is 0 Å². The van der Waals surface area contributed by atoms with Gasteiger partial charge in [-0.25, -0.2) is 0 Å². The van der Waals surface area contributed by atoms with E-state index in [0.717, 1.165) is 18.5 Å². The summed E-state index contributed by atoms with van der Waals surface area (Å²) in [5.41, 5.74) is 0. The average Bonchev–Trinajstić information content (AvgIpc) is 2.72.